The van der Waals surface area contributed by atoms with Crippen LogP contribution in [0.1, 0.15) is 5.82 Å². The molecule has 160 valence electrons. The van der Waals surface area contributed by atoms with Gasteiger partial charge in [0.2, 0.25) is 11.7 Å². The van der Waals surface area contributed by atoms with Crippen LogP contribution in [0.15, 0.2) is 24.3 Å². The summed E-state index contributed by atoms with van der Waals surface area (Å²) in [5.41, 5.74) is 0.170. The van der Waals surface area contributed by atoms with E-state index in [-0.39, 0.29) is 35.8 Å². The smallest absolute Gasteiger partial charge is 0.449 e. The van der Waals surface area contributed by atoms with Crippen LogP contribution < -0.4 is 5.32 Å². The largest absolute Gasteiger partial charge is 0.454 e. The Morgan fingerprint density at radius 2 is 1.97 bits per heavy atom. The Labute approximate surface area is 171 Å². The van der Waals surface area contributed by atoms with Gasteiger partial charge >= 0.3 is 12.1 Å². The fourth-order valence-corrected chi connectivity index (χ4v) is 3.48. The first-order valence-electron chi connectivity index (χ1n) is 8.58. The van der Waals surface area contributed by atoms with Crippen molar-refractivity contribution in [1.82, 2.24) is 19.8 Å². The number of imide groups is 1. The number of rotatable bonds is 7. The maximum absolute atomic E-state index is 13.2. The minimum Gasteiger partial charge on any atom is -0.454 e. The van der Waals surface area contributed by atoms with Crippen molar-refractivity contribution >= 4 is 45.8 Å². The Morgan fingerprint density at radius 3 is 2.63 bits per heavy atom. The zero-order valence-corrected chi connectivity index (χ0v) is 16.1. The second-order valence-electron chi connectivity index (χ2n) is 6.12. The van der Waals surface area contributed by atoms with E-state index in [1.165, 1.54) is 24.3 Å². The molecule has 2 heterocycles. The fourth-order valence-electron chi connectivity index (χ4n) is 2.73. The van der Waals surface area contributed by atoms with Crippen LogP contribution in [-0.4, -0.2) is 62.9 Å². The summed E-state index contributed by atoms with van der Waals surface area (Å²) in [5.74, 6) is -3.34. The summed E-state index contributed by atoms with van der Waals surface area (Å²) in [4.78, 5) is 51.1. The molecule has 1 saturated heterocycles. The number of benzene rings is 1. The number of halogens is 3. The van der Waals surface area contributed by atoms with Gasteiger partial charge in [0.25, 0.3) is 11.1 Å². The highest BCUT2D eigenvalue weighted by atomic mass is 32.2. The number of nitrogens with zero attached hydrogens (tertiary/aromatic N) is 3. The minimum atomic E-state index is -4.78. The Bertz CT molecular complexity index is 991. The highest BCUT2D eigenvalue weighted by molar-refractivity contribution is 8.14. The van der Waals surface area contributed by atoms with E-state index in [2.05, 4.69) is 10.3 Å². The number of hydrogen-bond donors (Lipinski definition) is 1. The van der Waals surface area contributed by atoms with Gasteiger partial charge in [-0.25, -0.2) is 4.98 Å². The molecule has 3 amide bonds. The average Bonchev–Trinajstić information content (AvgIpc) is 3.21. The summed E-state index contributed by atoms with van der Waals surface area (Å²) in [7, 11) is 0. The lowest BCUT2D eigenvalue weighted by Gasteiger charge is -2.13. The maximum Gasteiger partial charge on any atom is 0.449 e. The summed E-state index contributed by atoms with van der Waals surface area (Å²) in [6.45, 7) is -1.57. The van der Waals surface area contributed by atoms with Gasteiger partial charge < -0.3 is 14.6 Å². The van der Waals surface area contributed by atoms with E-state index in [0.29, 0.717) is 4.57 Å². The van der Waals surface area contributed by atoms with E-state index in [4.69, 9.17) is 4.74 Å². The van der Waals surface area contributed by atoms with E-state index >= 15 is 0 Å². The van der Waals surface area contributed by atoms with Gasteiger partial charge in [0.15, 0.2) is 6.61 Å². The summed E-state index contributed by atoms with van der Waals surface area (Å²) < 4.78 is 45.1. The number of imidazole rings is 1. The molecular formula is C17H15F3N4O5S. The molecule has 1 fully saturated rings. The van der Waals surface area contributed by atoms with Crippen molar-refractivity contribution in [2.24, 2.45) is 0 Å². The molecule has 3 rings (SSSR count). The number of fused-ring (bicyclic) bond motifs is 1. The third kappa shape index (κ3) is 4.90. The van der Waals surface area contributed by atoms with E-state index in [9.17, 15) is 32.3 Å². The number of alkyl halides is 3. The number of carbonyl (C=O) groups is 4. The summed E-state index contributed by atoms with van der Waals surface area (Å²) in [6, 6.07) is 5.79. The Hall–Kier alpha value is -3.09. The van der Waals surface area contributed by atoms with E-state index < -0.39 is 42.3 Å². The van der Waals surface area contributed by atoms with E-state index in [0.717, 1.165) is 16.7 Å². The van der Waals surface area contributed by atoms with Gasteiger partial charge in [-0.15, -0.1) is 0 Å². The second kappa shape index (κ2) is 8.73. The molecule has 0 radical (unpaired) electrons. The predicted molar refractivity (Wildman–Crippen MR) is 98.3 cm³/mol. The first kappa shape index (κ1) is 21.6. The molecule has 1 N–H and O–H groups in total. The van der Waals surface area contributed by atoms with Crippen LogP contribution in [0.5, 0.6) is 0 Å². The molecule has 0 unspecified atom stereocenters. The molecule has 0 atom stereocenters. The number of esters is 1. The van der Waals surface area contributed by atoms with Crippen molar-refractivity contribution in [3.05, 3.63) is 30.1 Å². The second-order valence-corrected chi connectivity index (χ2v) is 7.05. The third-order valence-corrected chi connectivity index (χ3v) is 4.92. The van der Waals surface area contributed by atoms with E-state index in [1.807, 2.05) is 0 Å². The van der Waals surface area contributed by atoms with Gasteiger partial charge in [0.1, 0.15) is 6.54 Å². The van der Waals surface area contributed by atoms with Crippen LogP contribution in [-0.2, 0) is 31.8 Å². The molecule has 1 aliphatic heterocycles. The van der Waals surface area contributed by atoms with Crippen LogP contribution in [0.4, 0.5) is 18.0 Å². The lowest BCUT2D eigenvalue weighted by Crippen LogP contribution is -2.39. The molecule has 1 aromatic carbocycles. The normalized spacial score (nSPS) is 14.4. The molecule has 0 aliphatic carbocycles. The number of hydrogen-bond acceptors (Lipinski definition) is 7. The highest BCUT2D eigenvalue weighted by Gasteiger charge is 2.38. The fraction of sp³-hybridized carbons (Fsp3) is 0.353. The van der Waals surface area contributed by atoms with Crippen LogP contribution >= 0.6 is 11.8 Å². The molecule has 1 aliphatic rings. The molecule has 9 nitrogen and oxygen atoms in total. The quantitative estimate of drug-likeness (QED) is 0.643. The van der Waals surface area contributed by atoms with Crippen LogP contribution in [0.2, 0.25) is 0 Å². The van der Waals surface area contributed by atoms with Gasteiger partial charge in [0, 0.05) is 13.1 Å². The summed E-state index contributed by atoms with van der Waals surface area (Å²) in [5, 5.41) is 1.95. The molecule has 2 aromatic rings. The monoisotopic (exact) mass is 444 g/mol. The van der Waals surface area contributed by atoms with Crippen LogP contribution in [0, 0.1) is 0 Å². The van der Waals surface area contributed by atoms with Crippen molar-refractivity contribution in [2.75, 3.05) is 25.4 Å². The van der Waals surface area contributed by atoms with Crippen LogP contribution in [0.3, 0.4) is 0 Å². The van der Waals surface area contributed by atoms with Gasteiger partial charge in [-0.1, -0.05) is 23.9 Å². The van der Waals surface area contributed by atoms with Gasteiger partial charge in [-0.2, -0.15) is 13.2 Å². The molecule has 0 spiro atoms. The van der Waals surface area contributed by atoms with Crippen molar-refractivity contribution in [3.8, 4) is 0 Å². The summed E-state index contributed by atoms with van der Waals surface area (Å²) >= 11 is 0.860. The SMILES string of the molecule is O=C(COC(=O)Cn1c(C(F)(F)F)nc2ccccc21)NCCN1C(=O)CSC1=O. The maximum atomic E-state index is 13.2. The van der Waals surface area contributed by atoms with E-state index in [1.54, 1.807) is 0 Å². The number of nitrogens with one attached hydrogen (secondary N) is 1. The Balaban J connectivity index is 1.53. The van der Waals surface area contributed by atoms with Crippen molar-refractivity contribution in [2.45, 2.75) is 12.7 Å². The topological polar surface area (TPSA) is 111 Å². The number of ether oxygens (including phenoxy) is 1. The number of aromatic nitrogens is 2. The molecule has 0 saturated carbocycles. The van der Waals surface area contributed by atoms with Crippen LogP contribution in [0.25, 0.3) is 11.0 Å². The molecular weight excluding hydrogens is 429 g/mol. The standard InChI is InChI=1S/C17H15F3N4O5S/c18-17(19,20)15-22-10-3-1-2-4-11(10)24(15)7-14(27)29-8-12(25)21-5-6-23-13(26)9-30-16(23)28/h1-4H,5-9H2,(H,21,25). The minimum absolute atomic E-state index is 0.0275. The lowest BCUT2D eigenvalue weighted by molar-refractivity contribution is -0.153. The Kier molecular flexibility index (Phi) is 6.29. The lowest BCUT2D eigenvalue weighted by atomic mass is 10.3. The first-order valence-corrected chi connectivity index (χ1v) is 9.57. The molecule has 1 aromatic heterocycles. The third-order valence-electron chi connectivity index (χ3n) is 4.06. The summed E-state index contributed by atoms with van der Waals surface area (Å²) in [6.07, 6.45) is -4.78. The zero-order valence-electron chi connectivity index (χ0n) is 15.3. The van der Waals surface area contributed by atoms with Gasteiger partial charge in [0.05, 0.1) is 16.8 Å². The predicted octanol–water partition coefficient (Wildman–Crippen LogP) is 1.41. The number of thioether (sulfide) groups is 1. The molecule has 30 heavy (non-hydrogen) atoms. The van der Waals surface area contributed by atoms with Crippen molar-refractivity contribution < 1.29 is 37.1 Å². The van der Waals surface area contributed by atoms with Crippen molar-refractivity contribution in [3.63, 3.8) is 0 Å². The highest BCUT2D eigenvalue weighted by Crippen LogP contribution is 2.31. The van der Waals surface area contributed by atoms with Crippen molar-refractivity contribution in [1.29, 1.82) is 0 Å². The number of carbonyl (C=O) groups excluding carboxylic acids is 4. The number of amides is 3. The number of para-hydroxylation sites is 2. The zero-order chi connectivity index (χ0) is 21.9. The van der Waals surface area contributed by atoms with Gasteiger partial charge in [-0.3, -0.25) is 24.1 Å². The first-order chi connectivity index (χ1) is 14.2. The average molecular weight is 444 g/mol. The Morgan fingerprint density at radius 1 is 1.23 bits per heavy atom. The molecule has 0 bridgehead atoms. The van der Waals surface area contributed by atoms with Gasteiger partial charge in [-0.05, 0) is 12.1 Å². The molecule has 13 heteroatoms.